The molecule has 1 atom stereocenters. The monoisotopic (exact) mass is 334 g/mol. The van der Waals surface area contributed by atoms with Crippen LogP contribution in [-0.4, -0.2) is 29.6 Å². The van der Waals surface area contributed by atoms with Crippen LogP contribution < -0.4 is 4.74 Å². The molecule has 6 heteroatoms. The Morgan fingerprint density at radius 2 is 1.83 bits per heavy atom. The fourth-order valence-corrected chi connectivity index (χ4v) is 1.70. The van der Waals surface area contributed by atoms with Gasteiger partial charge in [-0.25, -0.2) is 4.79 Å². The lowest BCUT2D eigenvalue weighted by molar-refractivity contribution is -0.163. The van der Waals surface area contributed by atoms with E-state index in [1.807, 2.05) is 0 Å². The summed E-state index contributed by atoms with van der Waals surface area (Å²) in [6.45, 7) is 3.95. The molecule has 0 aliphatic carbocycles. The fraction of sp³-hybridized carbons (Fsp3) is 0.389. The molecule has 0 amide bonds. The maximum atomic E-state index is 11.5. The summed E-state index contributed by atoms with van der Waals surface area (Å²) in [7, 11) is 0. The van der Waals surface area contributed by atoms with Crippen molar-refractivity contribution in [2.24, 2.45) is 5.92 Å². The molecule has 0 saturated carbocycles. The Kier molecular flexibility index (Phi) is 8.25. The molecule has 1 aromatic carbocycles. The zero-order valence-electron chi connectivity index (χ0n) is 13.9. The van der Waals surface area contributed by atoms with E-state index in [4.69, 9.17) is 9.84 Å². The molecule has 0 spiro atoms. The summed E-state index contributed by atoms with van der Waals surface area (Å²) in [6.07, 6.45) is 5.82. The Morgan fingerprint density at radius 3 is 2.42 bits per heavy atom. The largest absolute Gasteiger partial charge is 0.494 e. The number of rotatable bonds is 9. The Labute approximate surface area is 141 Å². The topological polar surface area (TPSA) is 89.9 Å². The van der Waals surface area contributed by atoms with Gasteiger partial charge in [-0.1, -0.05) is 31.9 Å². The molecule has 0 fully saturated rings. The van der Waals surface area contributed by atoms with Crippen molar-refractivity contribution in [1.29, 1.82) is 0 Å². The summed E-state index contributed by atoms with van der Waals surface area (Å²) < 4.78 is 10.00. The van der Waals surface area contributed by atoms with Crippen molar-refractivity contribution < 1.29 is 29.0 Å². The number of carboxylic acids is 1. The van der Waals surface area contributed by atoms with Crippen LogP contribution in [0.3, 0.4) is 0 Å². The molecule has 1 unspecified atom stereocenters. The van der Waals surface area contributed by atoms with Crippen molar-refractivity contribution in [2.75, 3.05) is 6.61 Å². The van der Waals surface area contributed by atoms with E-state index < -0.39 is 23.8 Å². The molecule has 24 heavy (non-hydrogen) atoms. The standard InChI is InChI=1S/C18H22O6/c1-3-4-5-12-23-15-9-6-14(7-10-15)8-11-16(19)24-18(22)13(2)17(20)21/h6-11,13H,3-5,12H2,1-2H3,(H,20,21)/b11-8+. The Morgan fingerprint density at radius 1 is 1.17 bits per heavy atom. The smallest absolute Gasteiger partial charge is 0.338 e. The van der Waals surface area contributed by atoms with E-state index in [0.29, 0.717) is 6.61 Å². The van der Waals surface area contributed by atoms with Gasteiger partial charge in [-0.05, 0) is 37.1 Å². The van der Waals surface area contributed by atoms with E-state index in [2.05, 4.69) is 11.7 Å². The predicted octanol–water partition coefficient (Wildman–Crippen LogP) is 3.06. The average Bonchev–Trinajstić information content (AvgIpc) is 2.57. The van der Waals surface area contributed by atoms with Gasteiger partial charge in [-0.15, -0.1) is 0 Å². The average molecular weight is 334 g/mol. The highest BCUT2D eigenvalue weighted by Crippen LogP contribution is 2.14. The van der Waals surface area contributed by atoms with Crippen LogP contribution in [0.2, 0.25) is 0 Å². The zero-order valence-corrected chi connectivity index (χ0v) is 13.9. The number of unbranched alkanes of at least 4 members (excludes halogenated alkanes) is 2. The minimum Gasteiger partial charge on any atom is -0.494 e. The zero-order chi connectivity index (χ0) is 17.9. The summed E-state index contributed by atoms with van der Waals surface area (Å²) in [6, 6.07) is 7.10. The number of hydrogen-bond acceptors (Lipinski definition) is 5. The third-order valence-corrected chi connectivity index (χ3v) is 3.23. The first-order valence-corrected chi connectivity index (χ1v) is 7.83. The molecular weight excluding hydrogens is 312 g/mol. The molecule has 130 valence electrons. The maximum absolute atomic E-state index is 11.5. The second-order valence-electron chi connectivity index (χ2n) is 5.26. The molecule has 1 N–H and O–H groups in total. The highest BCUT2D eigenvalue weighted by atomic mass is 16.6. The Hall–Kier alpha value is -2.63. The highest BCUT2D eigenvalue weighted by molar-refractivity contribution is 6.01. The number of aliphatic carboxylic acids is 1. The summed E-state index contributed by atoms with van der Waals surface area (Å²) in [5.74, 6) is -3.98. The molecule has 0 aliphatic rings. The SMILES string of the molecule is CCCCCOc1ccc(/C=C/C(=O)OC(=O)C(C)C(=O)O)cc1. The van der Waals surface area contributed by atoms with Gasteiger partial charge < -0.3 is 14.6 Å². The lowest BCUT2D eigenvalue weighted by Crippen LogP contribution is -2.24. The lowest BCUT2D eigenvalue weighted by Gasteiger charge is -2.05. The van der Waals surface area contributed by atoms with Gasteiger partial charge in [0, 0.05) is 6.08 Å². The number of carbonyl (C=O) groups is 3. The third-order valence-electron chi connectivity index (χ3n) is 3.23. The van der Waals surface area contributed by atoms with E-state index >= 15 is 0 Å². The van der Waals surface area contributed by atoms with Gasteiger partial charge in [-0.2, -0.15) is 0 Å². The van der Waals surface area contributed by atoms with Gasteiger partial charge >= 0.3 is 17.9 Å². The summed E-state index contributed by atoms with van der Waals surface area (Å²) in [4.78, 5) is 33.4. The second kappa shape index (κ2) is 10.2. The van der Waals surface area contributed by atoms with Crippen LogP contribution in [0.25, 0.3) is 6.08 Å². The lowest BCUT2D eigenvalue weighted by atomic mass is 10.2. The highest BCUT2D eigenvalue weighted by Gasteiger charge is 2.23. The van der Waals surface area contributed by atoms with Crippen molar-refractivity contribution >= 4 is 24.0 Å². The number of benzene rings is 1. The molecule has 0 heterocycles. The molecule has 0 aromatic heterocycles. The first kappa shape index (κ1) is 19.4. The molecule has 6 nitrogen and oxygen atoms in total. The van der Waals surface area contributed by atoms with Gasteiger partial charge in [0.2, 0.25) is 0 Å². The van der Waals surface area contributed by atoms with Crippen LogP contribution in [0, 0.1) is 5.92 Å². The van der Waals surface area contributed by atoms with E-state index in [9.17, 15) is 14.4 Å². The van der Waals surface area contributed by atoms with Crippen LogP contribution in [0.1, 0.15) is 38.7 Å². The second-order valence-corrected chi connectivity index (χ2v) is 5.26. The molecule has 0 bridgehead atoms. The van der Waals surface area contributed by atoms with E-state index in [-0.39, 0.29) is 0 Å². The Balaban J connectivity index is 2.47. The number of carbonyl (C=O) groups excluding carboxylic acids is 2. The maximum Gasteiger partial charge on any atom is 0.338 e. The van der Waals surface area contributed by atoms with Crippen molar-refractivity contribution in [2.45, 2.75) is 33.1 Å². The molecule has 1 rings (SSSR count). The van der Waals surface area contributed by atoms with Gasteiger partial charge in [-0.3, -0.25) is 9.59 Å². The van der Waals surface area contributed by atoms with Gasteiger partial charge in [0.25, 0.3) is 0 Å². The summed E-state index contributed by atoms with van der Waals surface area (Å²) >= 11 is 0. The summed E-state index contributed by atoms with van der Waals surface area (Å²) in [5, 5.41) is 8.65. The van der Waals surface area contributed by atoms with Crippen LogP contribution in [-0.2, 0) is 19.1 Å². The molecule has 1 aromatic rings. The van der Waals surface area contributed by atoms with Crippen LogP contribution in [0.15, 0.2) is 30.3 Å². The van der Waals surface area contributed by atoms with Crippen LogP contribution >= 0.6 is 0 Å². The number of esters is 2. The number of hydrogen-bond donors (Lipinski definition) is 1. The van der Waals surface area contributed by atoms with Gasteiger partial charge in [0.05, 0.1) is 6.61 Å². The molecule has 0 aliphatic heterocycles. The van der Waals surface area contributed by atoms with E-state index in [1.54, 1.807) is 24.3 Å². The quantitative estimate of drug-likeness (QED) is 0.323. The molecular formula is C18H22O6. The van der Waals surface area contributed by atoms with Crippen molar-refractivity contribution in [3.05, 3.63) is 35.9 Å². The van der Waals surface area contributed by atoms with E-state index in [0.717, 1.165) is 43.6 Å². The Bertz CT molecular complexity index is 588. The minimum atomic E-state index is -1.38. The van der Waals surface area contributed by atoms with Crippen molar-refractivity contribution in [1.82, 2.24) is 0 Å². The summed E-state index contributed by atoms with van der Waals surface area (Å²) in [5.41, 5.74) is 0.728. The number of carboxylic acid groups (broad SMARTS) is 1. The van der Waals surface area contributed by atoms with Crippen molar-refractivity contribution in [3.63, 3.8) is 0 Å². The first-order valence-electron chi connectivity index (χ1n) is 7.83. The van der Waals surface area contributed by atoms with Crippen LogP contribution in [0.4, 0.5) is 0 Å². The normalized spacial score (nSPS) is 11.9. The predicted molar refractivity (Wildman–Crippen MR) is 88.4 cm³/mol. The van der Waals surface area contributed by atoms with Gasteiger partial charge in [0.15, 0.2) is 5.92 Å². The van der Waals surface area contributed by atoms with Gasteiger partial charge in [0.1, 0.15) is 5.75 Å². The number of ether oxygens (including phenoxy) is 2. The first-order chi connectivity index (χ1) is 11.4. The molecule has 0 radical (unpaired) electrons. The van der Waals surface area contributed by atoms with E-state index in [1.165, 1.54) is 6.08 Å². The molecule has 0 saturated heterocycles. The fourth-order valence-electron chi connectivity index (χ4n) is 1.70. The minimum absolute atomic E-state index is 0.666. The van der Waals surface area contributed by atoms with Crippen molar-refractivity contribution in [3.8, 4) is 5.75 Å². The third kappa shape index (κ3) is 7.09. The van der Waals surface area contributed by atoms with Crippen LogP contribution in [0.5, 0.6) is 5.75 Å².